The fraction of sp³-hybridized carbons (Fsp3) is 0.500. The highest BCUT2D eigenvalue weighted by Crippen LogP contribution is 2.31. The number of nitrogens with zero attached hydrogens (tertiary/aromatic N) is 3. The van der Waals surface area contributed by atoms with E-state index in [9.17, 15) is 19.1 Å². The van der Waals surface area contributed by atoms with Crippen LogP contribution < -0.4 is 4.74 Å². The Morgan fingerprint density at radius 3 is 2.62 bits per heavy atom. The van der Waals surface area contributed by atoms with Gasteiger partial charge in [0.15, 0.2) is 0 Å². The number of benzene rings is 1. The Morgan fingerprint density at radius 2 is 2.00 bits per heavy atom. The Labute approximate surface area is 199 Å². The topological polar surface area (TPSA) is 83.0 Å². The Bertz CT molecular complexity index is 1040. The van der Waals surface area contributed by atoms with E-state index in [1.54, 1.807) is 48.2 Å². The van der Waals surface area contributed by atoms with Crippen molar-refractivity contribution in [1.29, 1.82) is 0 Å². The lowest BCUT2D eigenvalue weighted by Crippen LogP contribution is -2.51. The van der Waals surface area contributed by atoms with E-state index in [1.807, 2.05) is 6.92 Å². The zero-order valence-corrected chi connectivity index (χ0v) is 19.9. The third-order valence-corrected chi connectivity index (χ3v) is 6.98. The highest BCUT2D eigenvalue weighted by molar-refractivity contribution is 5.98. The second-order valence-corrected chi connectivity index (χ2v) is 9.55. The number of aliphatic hydroxyl groups is 1. The molecule has 0 saturated heterocycles. The van der Waals surface area contributed by atoms with Crippen LogP contribution in [0, 0.1) is 17.7 Å². The molecule has 2 aliphatic rings. The number of aliphatic hydroxyl groups excluding tert-OH is 1. The number of aromatic nitrogens is 1. The summed E-state index contributed by atoms with van der Waals surface area (Å²) >= 11 is 0. The van der Waals surface area contributed by atoms with Crippen molar-refractivity contribution in [3.05, 3.63) is 47.9 Å². The number of ether oxygens (including phenoxy) is 1. The van der Waals surface area contributed by atoms with Crippen LogP contribution in [0.1, 0.15) is 43.5 Å². The Hall–Kier alpha value is -3.00. The van der Waals surface area contributed by atoms with Gasteiger partial charge in [0.1, 0.15) is 17.5 Å². The maximum Gasteiger partial charge on any atom is 0.259 e. The Morgan fingerprint density at radius 1 is 1.29 bits per heavy atom. The molecule has 7 nitrogen and oxygen atoms in total. The van der Waals surface area contributed by atoms with Crippen molar-refractivity contribution in [3.8, 4) is 17.0 Å². The van der Waals surface area contributed by atoms with Crippen LogP contribution in [0.2, 0.25) is 0 Å². The lowest BCUT2D eigenvalue weighted by molar-refractivity contribution is -0.138. The molecule has 1 aliphatic carbocycles. The Kier molecular flexibility index (Phi) is 7.16. The summed E-state index contributed by atoms with van der Waals surface area (Å²) < 4.78 is 19.7. The van der Waals surface area contributed by atoms with Crippen LogP contribution in [-0.2, 0) is 4.79 Å². The molecule has 1 saturated carbocycles. The van der Waals surface area contributed by atoms with E-state index < -0.39 is 6.04 Å². The summed E-state index contributed by atoms with van der Waals surface area (Å²) in [7, 11) is 1.79. The van der Waals surface area contributed by atoms with Gasteiger partial charge in [0.25, 0.3) is 5.91 Å². The minimum atomic E-state index is -0.398. The van der Waals surface area contributed by atoms with Gasteiger partial charge >= 0.3 is 0 Å². The molecule has 8 heteroatoms. The first-order chi connectivity index (χ1) is 16.3. The zero-order valence-electron chi connectivity index (χ0n) is 19.9. The SMILES string of the molecule is C[C@@H]1CN([C@H](C)CO)C(=O)c2cc(-c3ccc(F)cc3)cnc2O[C@@H]1CN(C)C(=O)C1CCC1. The number of pyridine rings is 1. The molecule has 2 aromatic rings. The van der Waals surface area contributed by atoms with E-state index in [0.717, 1.165) is 24.8 Å². The van der Waals surface area contributed by atoms with Crippen LogP contribution in [0.25, 0.3) is 11.1 Å². The van der Waals surface area contributed by atoms with Gasteiger partial charge in [-0.3, -0.25) is 9.59 Å². The lowest BCUT2D eigenvalue weighted by atomic mass is 9.84. The van der Waals surface area contributed by atoms with Crippen molar-refractivity contribution in [2.75, 3.05) is 26.7 Å². The molecule has 0 bridgehead atoms. The van der Waals surface area contributed by atoms with Crippen LogP contribution in [0.5, 0.6) is 5.88 Å². The van der Waals surface area contributed by atoms with Crippen molar-refractivity contribution < 1.29 is 23.8 Å². The summed E-state index contributed by atoms with van der Waals surface area (Å²) in [5.74, 6) is -0.307. The molecular formula is C26H32FN3O4. The number of carbonyl (C=O) groups excluding carboxylic acids is 2. The van der Waals surface area contributed by atoms with Crippen LogP contribution in [0.3, 0.4) is 0 Å². The fourth-order valence-corrected chi connectivity index (χ4v) is 4.45. The predicted octanol–water partition coefficient (Wildman–Crippen LogP) is 3.37. The van der Waals surface area contributed by atoms with Gasteiger partial charge in [-0.05, 0) is 43.5 Å². The van der Waals surface area contributed by atoms with Gasteiger partial charge in [-0.25, -0.2) is 9.37 Å². The van der Waals surface area contributed by atoms with E-state index in [0.29, 0.717) is 18.7 Å². The maximum atomic E-state index is 13.5. The van der Waals surface area contributed by atoms with Crippen LogP contribution in [0.4, 0.5) is 4.39 Å². The van der Waals surface area contributed by atoms with Crippen LogP contribution in [0.15, 0.2) is 36.5 Å². The largest absolute Gasteiger partial charge is 0.472 e. The van der Waals surface area contributed by atoms with E-state index in [-0.39, 0.29) is 53.6 Å². The number of likely N-dealkylation sites (N-methyl/N-ethyl adjacent to an activating group) is 1. The van der Waals surface area contributed by atoms with Gasteiger partial charge in [0, 0.05) is 37.2 Å². The van der Waals surface area contributed by atoms with Crippen molar-refractivity contribution in [2.24, 2.45) is 11.8 Å². The molecule has 1 aliphatic heterocycles. The molecule has 0 unspecified atom stereocenters. The molecular weight excluding hydrogens is 437 g/mol. The van der Waals surface area contributed by atoms with E-state index in [1.165, 1.54) is 12.1 Å². The van der Waals surface area contributed by atoms with Crippen molar-refractivity contribution in [1.82, 2.24) is 14.8 Å². The second kappa shape index (κ2) is 10.1. The van der Waals surface area contributed by atoms with Gasteiger partial charge in [0.2, 0.25) is 11.8 Å². The number of amides is 2. The van der Waals surface area contributed by atoms with Gasteiger partial charge in [0.05, 0.1) is 19.2 Å². The van der Waals surface area contributed by atoms with Crippen LogP contribution >= 0.6 is 0 Å². The maximum absolute atomic E-state index is 13.5. The number of hydrogen-bond acceptors (Lipinski definition) is 5. The summed E-state index contributed by atoms with van der Waals surface area (Å²) in [6.45, 7) is 4.36. The number of halogens is 1. The number of fused-ring (bicyclic) bond motifs is 1. The molecule has 1 N–H and O–H groups in total. The molecule has 3 atom stereocenters. The highest BCUT2D eigenvalue weighted by Gasteiger charge is 2.36. The third-order valence-electron chi connectivity index (χ3n) is 6.98. The minimum Gasteiger partial charge on any atom is -0.472 e. The average Bonchev–Trinajstić information content (AvgIpc) is 2.79. The van der Waals surface area contributed by atoms with Gasteiger partial charge in [-0.1, -0.05) is 25.5 Å². The summed E-state index contributed by atoms with van der Waals surface area (Å²) in [6, 6.07) is 7.28. The monoisotopic (exact) mass is 469 g/mol. The molecule has 2 amide bonds. The smallest absolute Gasteiger partial charge is 0.259 e. The number of hydrogen-bond donors (Lipinski definition) is 1. The van der Waals surface area contributed by atoms with Crippen molar-refractivity contribution in [3.63, 3.8) is 0 Å². The molecule has 1 fully saturated rings. The molecule has 2 heterocycles. The van der Waals surface area contributed by atoms with E-state index in [2.05, 4.69) is 4.98 Å². The lowest BCUT2D eigenvalue weighted by Gasteiger charge is -2.38. The summed E-state index contributed by atoms with van der Waals surface area (Å²) in [5, 5.41) is 9.81. The molecule has 182 valence electrons. The minimum absolute atomic E-state index is 0.0880. The summed E-state index contributed by atoms with van der Waals surface area (Å²) in [4.78, 5) is 34.1. The molecule has 1 aromatic heterocycles. The Balaban J connectivity index is 1.67. The first kappa shape index (κ1) is 24.1. The van der Waals surface area contributed by atoms with Crippen molar-refractivity contribution >= 4 is 11.8 Å². The normalized spacial score (nSPS) is 21.6. The fourth-order valence-electron chi connectivity index (χ4n) is 4.45. The first-order valence-corrected chi connectivity index (χ1v) is 11.9. The van der Waals surface area contributed by atoms with Gasteiger partial charge in [-0.2, -0.15) is 0 Å². The number of carbonyl (C=O) groups is 2. The summed E-state index contributed by atoms with van der Waals surface area (Å²) in [5.41, 5.74) is 1.67. The van der Waals surface area contributed by atoms with E-state index in [4.69, 9.17) is 4.74 Å². The third kappa shape index (κ3) is 4.92. The second-order valence-electron chi connectivity index (χ2n) is 9.55. The average molecular weight is 470 g/mol. The van der Waals surface area contributed by atoms with Gasteiger partial charge < -0.3 is 19.6 Å². The first-order valence-electron chi connectivity index (χ1n) is 11.9. The molecule has 34 heavy (non-hydrogen) atoms. The zero-order chi connectivity index (χ0) is 24.4. The molecule has 0 spiro atoms. The van der Waals surface area contributed by atoms with Crippen molar-refractivity contribution in [2.45, 2.75) is 45.3 Å². The molecule has 4 rings (SSSR count). The van der Waals surface area contributed by atoms with E-state index >= 15 is 0 Å². The predicted molar refractivity (Wildman–Crippen MR) is 126 cm³/mol. The summed E-state index contributed by atoms with van der Waals surface area (Å²) in [6.07, 6.45) is 4.17. The van der Waals surface area contributed by atoms with Gasteiger partial charge in [-0.15, -0.1) is 0 Å². The highest BCUT2D eigenvalue weighted by atomic mass is 19.1. The quantitative estimate of drug-likeness (QED) is 0.702. The molecule has 1 aromatic carbocycles. The standard InChI is InChI=1S/C26H32FN3O4/c1-16-13-30(17(2)15-31)26(33)22-11-20(18-7-9-21(27)10-8-18)12-28-24(22)34-23(16)14-29(3)25(32)19-5-4-6-19/h7-12,16-17,19,23,31H,4-6,13-15H2,1-3H3/t16-,17-,23-/m1/s1. The molecule has 0 radical (unpaired) electrons. The number of rotatable bonds is 6. The van der Waals surface area contributed by atoms with Crippen LogP contribution in [-0.4, -0.2) is 70.6 Å².